The second-order valence-corrected chi connectivity index (χ2v) is 6.53. The third kappa shape index (κ3) is 3.14. The Labute approximate surface area is 126 Å². The molecule has 21 heavy (non-hydrogen) atoms. The summed E-state index contributed by atoms with van der Waals surface area (Å²) in [5.74, 6) is -0.246. The Bertz CT molecular complexity index is 535. The summed E-state index contributed by atoms with van der Waals surface area (Å²) in [7, 11) is 0.988. The van der Waals surface area contributed by atoms with E-state index in [0.717, 1.165) is 16.6 Å². The number of rotatable bonds is 3. The van der Waals surface area contributed by atoms with Gasteiger partial charge in [-0.3, -0.25) is 4.79 Å². The molecule has 0 unspecified atom stereocenters. The van der Waals surface area contributed by atoms with Crippen molar-refractivity contribution >= 4 is 18.6 Å². The molecule has 0 spiro atoms. The molecule has 1 aliphatic heterocycles. The molecule has 0 aromatic heterocycles. The first-order valence-electron chi connectivity index (χ1n) is 7.18. The van der Waals surface area contributed by atoms with Gasteiger partial charge < -0.3 is 14.0 Å². The van der Waals surface area contributed by atoms with Crippen LogP contribution in [0.3, 0.4) is 0 Å². The standard InChI is InChI=1S/C16H23BO4/c1-11-7-8-13(9-12(11)10-14(18)19-6)17-20-15(2,3)16(4,5)21-17/h7-9H,10H2,1-6H3. The Balaban J connectivity index is 2.26. The quantitative estimate of drug-likeness (QED) is 0.631. The lowest BCUT2D eigenvalue weighted by molar-refractivity contribution is -0.139. The van der Waals surface area contributed by atoms with E-state index in [1.165, 1.54) is 7.11 Å². The van der Waals surface area contributed by atoms with Crippen LogP contribution < -0.4 is 5.46 Å². The first kappa shape index (κ1) is 16.1. The number of carbonyl (C=O) groups is 1. The zero-order valence-electron chi connectivity index (χ0n) is 13.6. The summed E-state index contributed by atoms with van der Waals surface area (Å²) in [6, 6.07) is 5.94. The predicted octanol–water partition coefficient (Wildman–Crippen LogP) is 2.01. The molecule has 1 aromatic carbocycles. The SMILES string of the molecule is COC(=O)Cc1cc(B2OC(C)(C)C(C)(C)O2)ccc1C. The molecule has 1 saturated heterocycles. The van der Waals surface area contributed by atoms with E-state index in [1.54, 1.807) is 0 Å². The van der Waals surface area contributed by atoms with E-state index < -0.39 is 7.12 Å². The van der Waals surface area contributed by atoms with Gasteiger partial charge in [0.15, 0.2) is 0 Å². The topological polar surface area (TPSA) is 44.8 Å². The summed E-state index contributed by atoms with van der Waals surface area (Å²) < 4.78 is 16.8. The molecule has 114 valence electrons. The maximum absolute atomic E-state index is 11.5. The molecule has 0 radical (unpaired) electrons. The van der Waals surface area contributed by atoms with Crippen molar-refractivity contribution in [3.63, 3.8) is 0 Å². The lowest BCUT2D eigenvalue weighted by Gasteiger charge is -2.32. The zero-order valence-corrected chi connectivity index (χ0v) is 13.6. The highest BCUT2D eigenvalue weighted by molar-refractivity contribution is 6.62. The monoisotopic (exact) mass is 290 g/mol. The van der Waals surface area contributed by atoms with Crippen molar-refractivity contribution in [3.05, 3.63) is 29.3 Å². The van der Waals surface area contributed by atoms with Crippen molar-refractivity contribution in [2.45, 2.75) is 52.2 Å². The third-order valence-corrected chi connectivity index (χ3v) is 4.46. The number of esters is 1. The number of hydrogen-bond acceptors (Lipinski definition) is 4. The van der Waals surface area contributed by atoms with Crippen molar-refractivity contribution < 1.29 is 18.8 Å². The smallest absolute Gasteiger partial charge is 0.469 e. The predicted molar refractivity (Wildman–Crippen MR) is 82.6 cm³/mol. The van der Waals surface area contributed by atoms with Crippen LogP contribution in [0.1, 0.15) is 38.8 Å². The van der Waals surface area contributed by atoms with Crippen LogP contribution in [0.2, 0.25) is 0 Å². The highest BCUT2D eigenvalue weighted by atomic mass is 16.7. The van der Waals surface area contributed by atoms with Crippen molar-refractivity contribution in [3.8, 4) is 0 Å². The van der Waals surface area contributed by atoms with E-state index in [1.807, 2.05) is 52.8 Å². The number of benzene rings is 1. The van der Waals surface area contributed by atoms with Crippen LogP contribution in [0.4, 0.5) is 0 Å². The van der Waals surface area contributed by atoms with Crippen molar-refractivity contribution in [1.29, 1.82) is 0 Å². The van der Waals surface area contributed by atoms with Crippen LogP contribution in [0, 0.1) is 6.92 Å². The van der Waals surface area contributed by atoms with Crippen LogP contribution in [0.15, 0.2) is 18.2 Å². The van der Waals surface area contributed by atoms with Gasteiger partial charge in [-0.2, -0.15) is 0 Å². The molecule has 1 aliphatic rings. The van der Waals surface area contributed by atoms with Gasteiger partial charge >= 0.3 is 13.1 Å². The average Bonchev–Trinajstić information content (AvgIpc) is 2.61. The lowest BCUT2D eigenvalue weighted by atomic mass is 9.77. The third-order valence-electron chi connectivity index (χ3n) is 4.46. The fraction of sp³-hybridized carbons (Fsp3) is 0.562. The second kappa shape index (κ2) is 5.46. The zero-order chi connectivity index (χ0) is 15.8. The fourth-order valence-electron chi connectivity index (χ4n) is 2.24. The van der Waals surface area contributed by atoms with Crippen LogP contribution >= 0.6 is 0 Å². The number of ether oxygens (including phenoxy) is 1. The van der Waals surface area contributed by atoms with Gasteiger partial charge in [0.2, 0.25) is 0 Å². The van der Waals surface area contributed by atoms with Crippen LogP contribution in [-0.4, -0.2) is 31.4 Å². The molecule has 1 heterocycles. The molecule has 0 amide bonds. The van der Waals surface area contributed by atoms with E-state index in [-0.39, 0.29) is 23.6 Å². The molecular formula is C16H23BO4. The van der Waals surface area contributed by atoms with Crippen molar-refractivity contribution in [2.24, 2.45) is 0 Å². The summed E-state index contributed by atoms with van der Waals surface area (Å²) in [5, 5.41) is 0. The van der Waals surface area contributed by atoms with Gasteiger partial charge in [-0.1, -0.05) is 18.2 Å². The number of methoxy groups -OCH3 is 1. The Hall–Kier alpha value is -1.33. The maximum atomic E-state index is 11.5. The molecule has 0 N–H and O–H groups in total. The first-order chi connectivity index (χ1) is 9.66. The molecule has 1 fully saturated rings. The molecular weight excluding hydrogens is 267 g/mol. The Morgan fingerprint density at radius 1 is 1.19 bits per heavy atom. The second-order valence-electron chi connectivity index (χ2n) is 6.53. The maximum Gasteiger partial charge on any atom is 0.494 e. The largest absolute Gasteiger partial charge is 0.494 e. The summed E-state index contributed by atoms with van der Waals surface area (Å²) in [6.45, 7) is 10.1. The highest BCUT2D eigenvalue weighted by Gasteiger charge is 2.51. The summed E-state index contributed by atoms with van der Waals surface area (Å²) in [4.78, 5) is 11.5. The van der Waals surface area contributed by atoms with Crippen molar-refractivity contribution in [2.75, 3.05) is 7.11 Å². The van der Waals surface area contributed by atoms with Crippen LogP contribution in [0.5, 0.6) is 0 Å². The minimum atomic E-state index is -0.410. The summed E-state index contributed by atoms with van der Waals surface area (Å²) in [6.07, 6.45) is 0.260. The minimum absolute atomic E-state index is 0.246. The molecule has 0 aliphatic carbocycles. The lowest BCUT2D eigenvalue weighted by Crippen LogP contribution is -2.41. The number of aryl methyl sites for hydroxylation is 1. The molecule has 0 atom stereocenters. The number of hydrogen-bond donors (Lipinski definition) is 0. The van der Waals surface area contributed by atoms with E-state index >= 15 is 0 Å². The highest BCUT2D eigenvalue weighted by Crippen LogP contribution is 2.36. The minimum Gasteiger partial charge on any atom is -0.469 e. The van der Waals surface area contributed by atoms with E-state index in [4.69, 9.17) is 14.0 Å². The van der Waals surface area contributed by atoms with Crippen molar-refractivity contribution in [1.82, 2.24) is 0 Å². The van der Waals surface area contributed by atoms with Gasteiger partial charge in [0.25, 0.3) is 0 Å². The molecule has 0 saturated carbocycles. The van der Waals surface area contributed by atoms with Gasteiger partial charge in [-0.15, -0.1) is 0 Å². The van der Waals surface area contributed by atoms with E-state index in [9.17, 15) is 4.79 Å². The Morgan fingerprint density at radius 2 is 1.76 bits per heavy atom. The van der Waals surface area contributed by atoms with Gasteiger partial charge in [0.1, 0.15) is 0 Å². The summed E-state index contributed by atoms with van der Waals surface area (Å²) >= 11 is 0. The van der Waals surface area contributed by atoms with E-state index in [2.05, 4.69) is 0 Å². The molecule has 4 nitrogen and oxygen atoms in total. The molecule has 0 bridgehead atoms. The van der Waals surface area contributed by atoms with E-state index in [0.29, 0.717) is 0 Å². The summed E-state index contributed by atoms with van der Waals surface area (Å²) in [5.41, 5.74) is 2.18. The van der Waals surface area contributed by atoms with Gasteiger partial charge in [-0.05, 0) is 51.2 Å². The number of carbonyl (C=O) groups excluding carboxylic acids is 1. The van der Waals surface area contributed by atoms with Crippen LogP contribution in [-0.2, 0) is 25.3 Å². The van der Waals surface area contributed by atoms with Gasteiger partial charge in [0.05, 0.1) is 24.7 Å². The molecule has 1 aromatic rings. The Morgan fingerprint density at radius 3 is 2.29 bits per heavy atom. The molecule has 5 heteroatoms. The van der Waals surface area contributed by atoms with Gasteiger partial charge in [-0.25, -0.2) is 0 Å². The Kier molecular flexibility index (Phi) is 4.18. The fourth-order valence-corrected chi connectivity index (χ4v) is 2.24. The van der Waals surface area contributed by atoms with Crippen LogP contribution in [0.25, 0.3) is 0 Å². The normalized spacial score (nSPS) is 19.6. The van der Waals surface area contributed by atoms with Gasteiger partial charge in [0, 0.05) is 0 Å². The first-order valence-corrected chi connectivity index (χ1v) is 7.18. The average molecular weight is 290 g/mol. The molecule has 2 rings (SSSR count).